The second kappa shape index (κ2) is 7.53. The molecule has 1 unspecified atom stereocenters. The molecular formula is C12H25NOS. The fourth-order valence-electron chi connectivity index (χ4n) is 1.86. The number of hydrogen-bond donors (Lipinski definition) is 1. The van der Waals surface area contributed by atoms with Crippen molar-refractivity contribution in [1.82, 2.24) is 0 Å². The zero-order valence-electron chi connectivity index (χ0n) is 10.1. The van der Waals surface area contributed by atoms with Crippen LogP contribution in [0.3, 0.4) is 0 Å². The first kappa shape index (κ1) is 13.3. The highest BCUT2D eigenvalue weighted by Gasteiger charge is 2.15. The van der Waals surface area contributed by atoms with Crippen LogP contribution in [0.5, 0.6) is 0 Å². The summed E-state index contributed by atoms with van der Waals surface area (Å²) in [7, 11) is 0. The summed E-state index contributed by atoms with van der Waals surface area (Å²) in [6.45, 7) is 4.82. The average molecular weight is 231 g/mol. The quantitative estimate of drug-likeness (QED) is 0.763. The monoisotopic (exact) mass is 231 g/mol. The van der Waals surface area contributed by atoms with Crippen molar-refractivity contribution in [3.05, 3.63) is 0 Å². The summed E-state index contributed by atoms with van der Waals surface area (Å²) in [4.78, 5) is 0. The fraction of sp³-hybridized carbons (Fsp3) is 1.00. The number of nitrogens with two attached hydrogens (primary N) is 1. The maximum atomic E-state index is 5.99. The summed E-state index contributed by atoms with van der Waals surface area (Å²) < 4.78 is 5.51. The predicted molar refractivity (Wildman–Crippen MR) is 68.4 cm³/mol. The highest BCUT2D eigenvalue weighted by molar-refractivity contribution is 7.99. The van der Waals surface area contributed by atoms with Crippen LogP contribution in [0, 0.1) is 0 Å². The van der Waals surface area contributed by atoms with Crippen LogP contribution in [0.2, 0.25) is 0 Å². The van der Waals surface area contributed by atoms with Gasteiger partial charge in [0.05, 0.1) is 12.7 Å². The van der Waals surface area contributed by atoms with Gasteiger partial charge in [-0.05, 0) is 26.7 Å². The number of ether oxygens (including phenoxy) is 1. The van der Waals surface area contributed by atoms with Crippen LogP contribution < -0.4 is 5.73 Å². The Morgan fingerprint density at radius 2 is 1.93 bits per heavy atom. The molecule has 1 aliphatic carbocycles. The van der Waals surface area contributed by atoms with Crippen molar-refractivity contribution in [2.45, 2.75) is 63.3 Å². The van der Waals surface area contributed by atoms with Crippen LogP contribution in [-0.4, -0.2) is 29.8 Å². The van der Waals surface area contributed by atoms with E-state index in [9.17, 15) is 0 Å². The van der Waals surface area contributed by atoms with Crippen molar-refractivity contribution in [3.8, 4) is 0 Å². The topological polar surface area (TPSA) is 35.2 Å². The molecule has 0 aliphatic heterocycles. The highest BCUT2D eigenvalue weighted by Crippen LogP contribution is 2.28. The van der Waals surface area contributed by atoms with Gasteiger partial charge in [-0.2, -0.15) is 11.8 Å². The maximum absolute atomic E-state index is 5.99. The van der Waals surface area contributed by atoms with Gasteiger partial charge in [0, 0.05) is 17.0 Å². The third-order valence-electron chi connectivity index (χ3n) is 2.74. The largest absolute Gasteiger partial charge is 0.377 e. The Morgan fingerprint density at radius 1 is 1.27 bits per heavy atom. The minimum Gasteiger partial charge on any atom is -0.377 e. The fourth-order valence-corrected chi connectivity index (χ4v) is 3.14. The van der Waals surface area contributed by atoms with Crippen molar-refractivity contribution in [3.63, 3.8) is 0 Å². The van der Waals surface area contributed by atoms with Crippen molar-refractivity contribution in [2.24, 2.45) is 5.73 Å². The Balaban J connectivity index is 2.02. The zero-order valence-corrected chi connectivity index (χ0v) is 10.9. The Labute approximate surface area is 98.3 Å². The van der Waals surface area contributed by atoms with E-state index < -0.39 is 0 Å². The molecule has 0 bridgehead atoms. The van der Waals surface area contributed by atoms with E-state index in [1.165, 1.54) is 32.1 Å². The molecule has 0 spiro atoms. The van der Waals surface area contributed by atoms with E-state index in [1.54, 1.807) is 0 Å². The van der Waals surface area contributed by atoms with Gasteiger partial charge < -0.3 is 10.5 Å². The lowest BCUT2D eigenvalue weighted by Crippen LogP contribution is -2.31. The molecule has 1 atom stereocenters. The summed E-state index contributed by atoms with van der Waals surface area (Å²) >= 11 is 2.05. The summed E-state index contributed by atoms with van der Waals surface area (Å²) in [5.41, 5.74) is 5.99. The summed E-state index contributed by atoms with van der Waals surface area (Å²) in [5, 5.41) is 0.865. The van der Waals surface area contributed by atoms with Crippen LogP contribution in [0.4, 0.5) is 0 Å². The summed E-state index contributed by atoms with van der Waals surface area (Å²) in [6, 6.07) is 0.208. The molecule has 2 nitrogen and oxygen atoms in total. The van der Waals surface area contributed by atoms with Gasteiger partial charge in [-0.1, -0.05) is 19.3 Å². The first-order valence-electron chi connectivity index (χ1n) is 6.17. The molecule has 1 rings (SSSR count). The normalized spacial score (nSPS) is 20.8. The first-order chi connectivity index (χ1) is 7.18. The molecule has 3 heteroatoms. The zero-order chi connectivity index (χ0) is 11.1. The molecular weight excluding hydrogens is 206 g/mol. The van der Waals surface area contributed by atoms with Gasteiger partial charge in [-0.3, -0.25) is 0 Å². The average Bonchev–Trinajstić information content (AvgIpc) is 2.25. The molecule has 0 radical (unpaired) electrons. The lowest BCUT2D eigenvalue weighted by Gasteiger charge is -2.22. The smallest absolute Gasteiger partial charge is 0.0629 e. The van der Waals surface area contributed by atoms with Crippen LogP contribution in [-0.2, 0) is 4.74 Å². The molecule has 0 aromatic heterocycles. The molecule has 1 aliphatic rings. The molecule has 0 heterocycles. The Hall–Kier alpha value is 0.270. The van der Waals surface area contributed by atoms with Crippen molar-refractivity contribution in [1.29, 1.82) is 0 Å². The van der Waals surface area contributed by atoms with E-state index in [2.05, 4.69) is 25.6 Å². The van der Waals surface area contributed by atoms with E-state index in [1.807, 2.05) is 0 Å². The molecule has 2 N–H and O–H groups in total. The minimum atomic E-state index is 0.208. The highest BCUT2D eigenvalue weighted by atomic mass is 32.2. The van der Waals surface area contributed by atoms with Crippen LogP contribution in [0.15, 0.2) is 0 Å². The molecule has 1 saturated carbocycles. The molecule has 0 aromatic carbocycles. The number of hydrogen-bond acceptors (Lipinski definition) is 3. The molecule has 15 heavy (non-hydrogen) atoms. The maximum Gasteiger partial charge on any atom is 0.0629 e. The Morgan fingerprint density at radius 3 is 2.53 bits per heavy atom. The van der Waals surface area contributed by atoms with Gasteiger partial charge in [-0.15, -0.1) is 0 Å². The molecule has 0 saturated heterocycles. The van der Waals surface area contributed by atoms with Gasteiger partial charge in [0.25, 0.3) is 0 Å². The molecule has 0 amide bonds. The van der Waals surface area contributed by atoms with Crippen LogP contribution in [0.1, 0.15) is 46.0 Å². The van der Waals surface area contributed by atoms with E-state index >= 15 is 0 Å². The van der Waals surface area contributed by atoms with Gasteiger partial charge in [0.15, 0.2) is 0 Å². The van der Waals surface area contributed by atoms with Gasteiger partial charge in [-0.25, -0.2) is 0 Å². The van der Waals surface area contributed by atoms with Crippen molar-refractivity contribution >= 4 is 11.8 Å². The third kappa shape index (κ3) is 6.44. The third-order valence-corrected chi connectivity index (χ3v) is 4.31. The van der Waals surface area contributed by atoms with E-state index in [0.717, 1.165) is 11.0 Å². The van der Waals surface area contributed by atoms with Crippen LogP contribution >= 0.6 is 11.8 Å². The number of rotatable bonds is 6. The molecule has 1 fully saturated rings. The Bertz CT molecular complexity index is 158. The van der Waals surface area contributed by atoms with Gasteiger partial charge >= 0.3 is 0 Å². The first-order valence-corrected chi connectivity index (χ1v) is 7.22. The second-order valence-electron chi connectivity index (χ2n) is 4.74. The Kier molecular flexibility index (Phi) is 6.69. The molecule has 90 valence electrons. The SMILES string of the molecule is CC(C)OCC(N)CSC1CCCCC1. The lowest BCUT2D eigenvalue weighted by atomic mass is 10.0. The summed E-state index contributed by atoms with van der Waals surface area (Å²) in [6.07, 6.45) is 7.34. The predicted octanol–water partition coefficient (Wildman–Crippen LogP) is 2.80. The second-order valence-corrected chi connectivity index (χ2v) is 6.07. The lowest BCUT2D eigenvalue weighted by molar-refractivity contribution is 0.0719. The van der Waals surface area contributed by atoms with Crippen LogP contribution in [0.25, 0.3) is 0 Å². The van der Waals surface area contributed by atoms with E-state index in [4.69, 9.17) is 10.5 Å². The minimum absolute atomic E-state index is 0.208. The summed E-state index contributed by atoms with van der Waals surface area (Å²) in [5.74, 6) is 1.05. The van der Waals surface area contributed by atoms with E-state index in [0.29, 0.717) is 12.7 Å². The standard InChI is InChI=1S/C12H25NOS/c1-10(2)14-8-11(13)9-15-12-6-4-3-5-7-12/h10-12H,3-9,13H2,1-2H3. The van der Waals surface area contributed by atoms with E-state index in [-0.39, 0.29) is 6.04 Å². The van der Waals surface area contributed by atoms with Crippen molar-refractivity contribution in [2.75, 3.05) is 12.4 Å². The number of thioether (sulfide) groups is 1. The van der Waals surface area contributed by atoms with Gasteiger partial charge in [0.1, 0.15) is 0 Å². The van der Waals surface area contributed by atoms with Crippen molar-refractivity contribution < 1.29 is 4.74 Å². The van der Waals surface area contributed by atoms with Gasteiger partial charge in [0.2, 0.25) is 0 Å². The molecule has 0 aromatic rings.